The molecule has 142 valence electrons. The van der Waals surface area contributed by atoms with E-state index in [4.69, 9.17) is 4.74 Å². The van der Waals surface area contributed by atoms with Crippen LogP contribution in [0.3, 0.4) is 0 Å². The molecule has 0 radical (unpaired) electrons. The van der Waals surface area contributed by atoms with Gasteiger partial charge in [0.15, 0.2) is 0 Å². The molecule has 8 heteroatoms. The molecule has 2 aromatic rings. The van der Waals surface area contributed by atoms with Gasteiger partial charge in [-0.15, -0.1) is 0 Å². The van der Waals surface area contributed by atoms with Gasteiger partial charge in [0, 0.05) is 23.3 Å². The summed E-state index contributed by atoms with van der Waals surface area (Å²) in [5.41, 5.74) is 4.99. The van der Waals surface area contributed by atoms with Crippen molar-refractivity contribution in [3.05, 3.63) is 69.8 Å². The van der Waals surface area contributed by atoms with Crippen molar-refractivity contribution < 1.29 is 19.2 Å². The Morgan fingerprint density at radius 2 is 1.44 bits per heavy atom. The van der Waals surface area contributed by atoms with Crippen LogP contribution in [0, 0.1) is 16.0 Å². The van der Waals surface area contributed by atoms with Crippen molar-refractivity contribution in [1.82, 2.24) is 10.9 Å². The minimum absolute atomic E-state index is 0.119. The zero-order chi connectivity index (χ0) is 19.8. The van der Waals surface area contributed by atoms with Gasteiger partial charge in [0.2, 0.25) is 0 Å². The molecule has 27 heavy (non-hydrogen) atoms. The van der Waals surface area contributed by atoms with E-state index in [2.05, 4.69) is 24.7 Å². The third-order valence-electron chi connectivity index (χ3n) is 3.71. The Kier molecular flexibility index (Phi) is 6.87. The molecule has 2 amide bonds. The summed E-state index contributed by atoms with van der Waals surface area (Å²) in [5, 5.41) is 10.6. The van der Waals surface area contributed by atoms with Gasteiger partial charge < -0.3 is 4.74 Å². The van der Waals surface area contributed by atoms with E-state index in [0.29, 0.717) is 23.8 Å². The number of nitro groups is 1. The summed E-state index contributed by atoms with van der Waals surface area (Å²) in [7, 11) is 0. The first kappa shape index (κ1) is 19.9. The Bertz CT molecular complexity index is 801. The smallest absolute Gasteiger partial charge is 0.269 e. The standard InChI is InChI=1S/C19H21N3O5/c1-13(2)11-12-27-17-9-5-15(6-10-17)19(24)21-20-18(23)14-3-7-16(8-4-14)22(25)26/h3-10,13H,11-12H2,1-2H3,(H,20,23)(H,21,24). The Balaban J connectivity index is 1.85. The monoisotopic (exact) mass is 371 g/mol. The van der Waals surface area contributed by atoms with Gasteiger partial charge in [0.05, 0.1) is 11.5 Å². The first-order chi connectivity index (χ1) is 12.9. The first-order valence-corrected chi connectivity index (χ1v) is 8.45. The van der Waals surface area contributed by atoms with Crippen molar-refractivity contribution >= 4 is 17.5 Å². The average Bonchev–Trinajstić information content (AvgIpc) is 2.66. The summed E-state index contributed by atoms with van der Waals surface area (Å²) >= 11 is 0. The number of nitrogens with zero attached hydrogens (tertiary/aromatic N) is 1. The normalized spacial score (nSPS) is 10.3. The number of ether oxygens (including phenoxy) is 1. The lowest BCUT2D eigenvalue weighted by atomic mass is 10.1. The first-order valence-electron chi connectivity index (χ1n) is 8.45. The third-order valence-corrected chi connectivity index (χ3v) is 3.71. The second kappa shape index (κ2) is 9.33. The zero-order valence-corrected chi connectivity index (χ0v) is 15.1. The van der Waals surface area contributed by atoms with Crippen LogP contribution in [0.25, 0.3) is 0 Å². The van der Waals surface area contributed by atoms with E-state index < -0.39 is 16.7 Å². The topological polar surface area (TPSA) is 111 Å². The molecule has 0 unspecified atom stereocenters. The molecule has 2 N–H and O–H groups in total. The second-order valence-corrected chi connectivity index (χ2v) is 6.27. The number of carbonyl (C=O) groups excluding carboxylic acids is 2. The van der Waals surface area contributed by atoms with E-state index in [-0.39, 0.29) is 11.3 Å². The minimum atomic E-state index is -0.577. The fraction of sp³-hybridized carbons (Fsp3) is 0.263. The van der Waals surface area contributed by atoms with Crippen LogP contribution in [-0.2, 0) is 0 Å². The number of hydrogen-bond donors (Lipinski definition) is 2. The lowest BCUT2D eigenvalue weighted by Crippen LogP contribution is -2.41. The van der Waals surface area contributed by atoms with Crippen LogP contribution >= 0.6 is 0 Å². The highest BCUT2D eigenvalue weighted by molar-refractivity contribution is 5.99. The van der Waals surface area contributed by atoms with Gasteiger partial charge in [-0.1, -0.05) is 13.8 Å². The Hall–Kier alpha value is -3.42. The van der Waals surface area contributed by atoms with Crippen LogP contribution < -0.4 is 15.6 Å². The molecule has 0 aliphatic heterocycles. The molecule has 0 aromatic heterocycles. The Morgan fingerprint density at radius 1 is 0.963 bits per heavy atom. The van der Waals surface area contributed by atoms with E-state index in [1.165, 1.54) is 24.3 Å². The second-order valence-electron chi connectivity index (χ2n) is 6.27. The summed E-state index contributed by atoms with van der Waals surface area (Å²) in [5.74, 6) is 0.155. The molecule has 0 heterocycles. The molecule has 2 rings (SSSR count). The van der Waals surface area contributed by atoms with Crippen molar-refractivity contribution in [1.29, 1.82) is 0 Å². The molecule has 8 nitrogen and oxygen atoms in total. The van der Waals surface area contributed by atoms with Crippen LogP contribution in [0.1, 0.15) is 41.0 Å². The lowest BCUT2D eigenvalue weighted by molar-refractivity contribution is -0.384. The third kappa shape index (κ3) is 6.10. The molecule has 0 saturated heterocycles. The number of amides is 2. The highest BCUT2D eigenvalue weighted by Crippen LogP contribution is 2.14. The van der Waals surface area contributed by atoms with Crippen molar-refractivity contribution in [3.63, 3.8) is 0 Å². The Labute approximate surface area is 156 Å². The van der Waals surface area contributed by atoms with Gasteiger partial charge in [-0.3, -0.25) is 30.6 Å². The highest BCUT2D eigenvalue weighted by atomic mass is 16.6. The molecular weight excluding hydrogens is 350 g/mol. The number of rotatable bonds is 7. The summed E-state index contributed by atoms with van der Waals surface area (Å²) in [6, 6.07) is 11.6. The fourth-order valence-electron chi connectivity index (χ4n) is 2.11. The summed E-state index contributed by atoms with van der Waals surface area (Å²) in [6.45, 7) is 4.83. The van der Waals surface area contributed by atoms with Crippen molar-refractivity contribution in [3.8, 4) is 5.75 Å². The molecule has 0 bridgehead atoms. The highest BCUT2D eigenvalue weighted by Gasteiger charge is 2.11. The van der Waals surface area contributed by atoms with Crippen molar-refractivity contribution in [2.75, 3.05) is 6.61 Å². The maximum absolute atomic E-state index is 12.1. The number of non-ortho nitro benzene ring substituents is 1. The summed E-state index contributed by atoms with van der Waals surface area (Å²) in [4.78, 5) is 34.1. The van der Waals surface area contributed by atoms with E-state index in [0.717, 1.165) is 6.42 Å². The summed E-state index contributed by atoms with van der Waals surface area (Å²) in [6.07, 6.45) is 0.941. The van der Waals surface area contributed by atoms with E-state index in [1.807, 2.05) is 0 Å². The maximum atomic E-state index is 12.1. The van der Waals surface area contributed by atoms with E-state index >= 15 is 0 Å². The van der Waals surface area contributed by atoms with Gasteiger partial charge in [-0.2, -0.15) is 0 Å². The molecule has 0 fully saturated rings. The van der Waals surface area contributed by atoms with E-state index in [9.17, 15) is 19.7 Å². The quantitative estimate of drug-likeness (QED) is 0.574. The largest absolute Gasteiger partial charge is 0.494 e. The summed E-state index contributed by atoms with van der Waals surface area (Å²) < 4.78 is 5.58. The molecule has 0 atom stereocenters. The van der Waals surface area contributed by atoms with Crippen molar-refractivity contribution in [2.45, 2.75) is 20.3 Å². The molecule has 0 spiro atoms. The number of carbonyl (C=O) groups is 2. The SMILES string of the molecule is CC(C)CCOc1ccc(C(=O)NNC(=O)c2ccc([N+](=O)[O-])cc2)cc1. The van der Waals surface area contributed by atoms with Crippen LogP contribution in [0.2, 0.25) is 0 Å². The lowest BCUT2D eigenvalue weighted by Gasteiger charge is -2.10. The number of nitro benzene ring substituents is 1. The molecule has 0 aliphatic rings. The van der Waals surface area contributed by atoms with Gasteiger partial charge in [0.25, 0.3) is 17.5 Å². The number of benzene rings is 2. The van der Waals surface area contributed by atoms with Crippen molar-refractivity contribution in [2.24, 2.45) is 5.92 Å². The van der Waals surface area contributed by atoms with Gasteiger partial charge in [-0.05, 0) is 48.7 Å². The predicted octanol–water partition coefficient (Wildman–Crippen LogP) is 3.09. The van der Waals surface area contributed by atoms with Gasteiger partial charge in [0.1, 0.15) is 5.75 Å². The number of hydrazine groups is 1. The fourth-order valence-corrected chi connectivity index (χ4v) is 2.11. The molecular formula is C19H21N3O5. The maximum Gasteiger partial charge on any atom is 0.269 e. The van der Waals surface area contributed by atoms with E-state index in [1.54, 1.807) is 24.3 Å². The molecule has 2 aromatic carbocycles. The van der Waals surface area contributed by atoms with Crippen LogP contribution in [-0.4, -0.2) is 23.3 Å². The number of nitrogens with one attached hydrogen (secondary N) is 2. The van der Waals surface area contributed by atoms with Crippen LogP contribution in [0.4, 0.5) is 5.69 Å². The zero-order valence-electron chi connectivity index (χ0n) is 15.1. The predicted molar refractivity (Wildman–Crippen MR) is 99.4 cm³/mol. The van der Waals surface area contributed by atoms with Crippen LogP contribution in [0.15, 0.2) is 48.5 Å². The van der Waals surface area contributed by atoms with Gasteiger partial charge in [-0.25, -0.2) is 0 Å². The van der Waals surface area contributed by atoms with Gasteiger partial charge >= 0.3 is 0 Å². The average molecular weight is 371 g/mol. The minimum Gasteiger partial charge on any atom is -0.494 e. The van der Waals surface area contributed by atoms with Crippen LogP contribution in [0.5, 0.6) is 5.75 Å². The molecule has 0 saturated carbocycles. The number of hydrogen-bond acceptors (Lipinski definition) is 5. The Morgan fingerprint density at radius 3 is 1.89 bits per heavy atom. The molecule has 0 aliphatic carbocycles.